The first-order valence-corrected chi connectivity index (χ1v) is 5.61. The molecule has 0 spiro atoms. The Kier molecular flexibility index (Phi) is 10.5. The van der Waals surface area contributed by atoms with E-state index in [1.54, 1.807) is 0 Å². The van der Waals surface area contributed by atoms with Crippen LogP contribution in [0.2, 0.25) is 0 Å². The van der Waals surface area contributed by atoms with Crippen LogP contribution in [-0.4, -0.2) is 14.7 Å². The fraction of sp³-hybridized carbons (Fsp3) is 0.833. The van der Waals surface area contributed by atoms with Gasteiger partial charge in [0.1, 0.15) is 0 Å². The Bertz CT molecular complexity index is 148. The van der Waals surface area contributed by atoms with Gasteiger partial charge in [0.05, 0.1) is 0 Å². The van der Waals surface area contributed by atoms with Crippen LogP contribution in [0.5, 0.6) is 0 Å². The van der Waals surface area contributed by atoms with E-state index in [1.807, 2.05) is 0 Å². The van der Waals surface area contributed by atoms with E-state index in [1.165, 1.54) is 11.8 Å². The third-order valence-electron chi connectivity index (χ3n) is 1.12. The molecule has 2 nitrogen and oxygen atoms in total. The predicted octanol–water partition coefficient (Wildman–Crippen LogP) is -1.66. The molecule has 0 aromatic rings. The Morgan fingerprint density at radius 2 is 1.85 bits per heavy atom. The number of unbranched alkanes of at least 4 members (excludes halogenated alkanes) is 1. The van der Waals surface area contributed by atoms with Gasteiger partial charge in [-0.1, -0.05) is 34.8 Å². The standard InChI is InChI=1S/C6H11Cl3N2S.ClH/c7-6(8,9)3-1-2-4-12-5(10)11;/h1-4H2,(H3,10,11);1H. The van der Waals surface area contributed by atoms with E-state index in [-0.39, 0.29) is 12.4 Å². The van der Waals surface area contributed by atoms with Crippen molar-refractivity contribution in [3.05, 3.63) is 0 Å². The average molecular weight is 286 g/mol. The van der Waals surface area contributed by atoms with Gasteiger partial charge in [-0.15, -0.1) is 0 Å². The molecule has 0 atom stereocenters. The maximum atomic E-state index is 5.54. The number of hydrogen-bond acceptors (Lipinski definition) is 1. The highest BCUT2D eigenvalue weighted by Crippen LogP contribution is 2.31. The van der Waals surface area contributed by atoms with Crippen molar-refractivity contribution in [2.24, 2.45) is 5.73 Å². The van der Waals surface area contributed by atoms with Crippen molar-refractivity contribution in [2.45, 2.75) is 23.1 Å². The summed E-state index contributed by atoms with van der Waals surface area (Å²) in [7, 11) is 0. The van der Waals surface area contributed by atoms with Gasteiger partial charge in [-0.3, -0.25) is 11.1 Å². The Morgan fingerprint density at radius 3 is 2.23 bits per heavy atom. The van der Waals surface area contributed by atoms with Crippen molar-refractivity contribution >= 4 is 51.7 Å². The zero-order valence-corrected chi connectivity index (χ0v) is 10.7. The molecule has 0 aliphatic rings. The minimum absolute atomic E-state index is 0. The molecule has 4 N–H and O–H groups in total. The molecule has 0 bridgehead atoms. The monoisotopic (exact) mass is 284 g/mol. The molecule has 0 aliphatic carbocycles. The highest BCUT2D eigenvalue weighted by Gasteiger charge is 2.18. The fourth-order valence-electron chi connectivity index (χ4n) is 0.618. The minimum atomic E-state index is -1.12. The van der Waals surface area contributed by atoms with Crippen LogP contribution in [0.25, 0.3) is 0 Å². The van der Waals surface area contributed by atoms with Crippen molar-refractivity contribution < 1.29 is 17.8 Å². The maximum Gasteiger partial charge on any atom is 0.299 e. The first kappa shape index (κ1) is 16.4. The summed E-state index contributed by atoms with van der Waals surface area (Å²) in [5.41, 5.74) is 5.24. The molecule has 13 heavy (non-hydrogen) atoms. The molecule has 80 valence electrons. The number of halogens is 4. The summed E-state index contributed by atoms with van der Waals surface area (Å²) in [6.45, 7) is 0. The normalized spacial score (nSPS) is 10.7. The molecular weight excluding hydrogens is 274 g/mol. The number of nitrogens with two attached hydrogens (primary N) is 2. The van der Waals surface area contributed by atoms with E-state index >= 15 is 0 Å². The predicted molar refractivity (Wildman–Crippen MR) is 57.7 cm³/mol. The van der Waals surface area contributed by atoms with Gasteiger partial charge in [0.2, 0.25) is 0 Å². The van der Waals surface area contributed by atoms with Crippen LogP contribution in [0.15, 0.2) is 0 Å². The van der Waals surface area contributed by atoms with E-state index in [4.69, 9.17) is 45.9 Å². The zero-order valence-electron chi connectivity index (χ0n) is 6.90. The van der Waals surface area contributed by atoms with Gasteiger partial charge in [0.25, 0.3) is 5.17 Å². The topological polar surface area (TPSA) is 51.6 Å². The summed E-state index contributed by atoms with van der Waals surface area (Å²) >= 11 is 18.1. The largest absolute Gasteiger partial charge is 1.00 e. The zero-order chi connectivity index (χ0) is 9.61. The number of thioether (sulfide) groups is 1. The molecule has 0 heterocycles. The lowest BCUT2D eigenvalue weighted by molar-refractivity contribution is -0.110. The third kappa shape index (κ3) is 15.7. The summed E-state index contributed by atoms with van der Waals surface area (Å²) in [4.78, 5) is 0. The van der Waals surface area contributed by atoms with Crippen molar-refractivity contribution in [2.75, 3.05) is 5.75 Å². The van der Waals surface area contributed by atoms with Crippen LogP contribution < -0.4 is 23.5 Å². The van der Waals surface area contributed by atoms with Crippen LogP contribution in [0.4, 0.5) is 0 Å². The highest BCUT2D eigenvalue weighted by molar-refractivity contribution is 8.13. The van der Waals surface area contributed by atoms with Crippen molar-refractivity contribution in [3.8, 4) is 0 Å². The molecule has 0 aromatic carbocycles. The lowest BCUT2D eigenvalue weighted by Gasteiger charge is -2.08. The van der Waals surface area contributed by atoms with Gasteiger partial charge < -0.3 is 12.4 Å². The highest BCUT2D eigenvalue weighted by atomic mass is 35.6. The van der Waals surface area contributed by atoms with Gasteiger partial charge in [0.15, 0.2) is 3.79 Å². The van der Waals surface area contributed by atoms with Crippen LogP contribution in [0.3, 0.4) is 0 Å². The lowest BCUT2D eigenvalue weighted by Crippen LogP contribution is -3.00. The van der Waals surface area contributed by atoms with E-state index in [0.717, 1.165) is 18.6 Å². The second-order valence-electron chi connectivity index (χ2n) is 2.32. The van der Waals surface area contributed by atoms with Crippen LogP contribution in [-0.2, 0) is 0 Å². The van der Waals surface area contributed by atoms with E-state index in [0.29, 0.717) is 11.6 Å². The quantitative estimate of drug-likeness (QED) is 0.281. The molecule has 0 aliphatic heterocycles. The number of amidine groups is 1. The van der Waals surface area contributed by atoms with E-state index < -0.39 is 3.79 Å². The first-order chi connectivity index (χ1) is 5.42. The van der Waals surface area contributed by atoms with Crippen LogP contribution in [0.1, 0.15) is 19.3 Å². The molecule has 0 radical (unpaired) electrons. The van der Waals surface area contributed by atoms with Gasteiger partial charge in [-0.25, -0.2) is 0 Å². The first-order valence-electron chi connectivity index (χ1n) is 3.49. The Hall–Kier alpha value is 0.980. The summed E-state index contributed by atoms with van der Waals surface area (Å²) < 4.78 is -1.12. The fourth-order valence-corrected chi connectivity index (χ4v) is 1.60. The molecule has 0 saturated carbocycles. The summed E-state index contributed by atoms with van der Waals surface area (Å²) in [5.74, 6) is 0.878. The van der Waals surface area contributed by atoms with Crippen molar-refractivity contribution in [1.82, 2.24) is 0 Å². The Balaban J connectivity index is 0. The van der Waals surface area contributed by atoms with Crippen molar-refractivity contribution in [1.29, 1.82) is 0 Å². The third-order valence-corrected chi connectivity index (χ3v) is 2.52. The number of alkyl halides is 3. The second-order valence-corrected chi connectivity index (χ2v) is 6.01. The lowest BCUT2D eigenvalue weighted by atomic mass is 10.3. The Labute approximate surface area is 104 Å². The Morgan fingerprint density at radius 1 is 1.31 bits per heavy atom. The molecule has 0 amide bonds. The van der Waals surface area contributed by atoms with Gasteiger partial charge in [0, 0.05) is 5.75 Å². The molecular formula is C6H12Cl4N2S. The van der Waals surface area contributed by atoms with E-state index in [9.17, 15) is 0 Å². The summed E-state index contributed by atoms with van der Waals surface area (Å²) in [6, 6.07) is 0. The molecule has 0 fully saturated rings. The van der Waals surface area contributed by atoms with Gasteiger partial charge in [-0.2, -0.15) is 0 Å². The molecule has 0 aromatic heterocycles. The van der Waals surface area contributed by atoms with Gasteiger partial charge in [-0.05, 0) is 31.0 Å². The second kappa shape index (κ2) is 8.30. The summed E-state index contributed by atoms with van der Waals surface area (Å²) in [6.07, 6.45) is 2.40. The van der Waals surface area contributed by atoms with Gasteiger partial charge >= 0.3 is 0 Å². The van der Waals surface area contributed by atoms with Crippen LogP contribution in [0, 0.1) is 0 Å². The molecule has 0 rings (SSSR count). The number of hydrogen-bond donors (Lipinski definition) is 2. The minimum Gasteiger partial charge on any atom is -1.00 e. The SMILES string of the molecule is NC(=[NH2+])SCCCCC(Cl)(Cl)Cl.[Cl-]. The maximum absolute atomic E-state index is 5.54. The molecule has 7 heteroatoms. The van der Waals surface area contributed by atoms with Crippen LogP contribution >= 0.6 is 46.6 Å². The molecule has 0 unspecified atom stereocenters. The van der Waals surface area contributed by atoms with Crippen molar-refractivity contribution in [3.63, 3.8) is 0 Å². The molecule has 0 saturated heterocycles. The van der Waals surface area contributed by atoms with E-state index in [2.05, 4.69) is 0 Å². The number of rotatable bonds is 4. The smallest absolute Gasteiger partial charge is 0.299 e. The average Bonchev–Trinajstić information content (AvgIpc) is 1.83. The summed E-state index contributed by atoms with van der Waals surface area (Å²) in [5, 5.41) is 5.63.